The predicted octanol–water partition coefficient (Wildman–Crippen LogP) is 3.98. The third-order valence-electron chi connectivity index (χ3n) is 3.51. The molecule has 1 aliphatic heterocycles. The number of hydrogen-bond donors (Lipinski definition) is 1. The monoisotopic (exact) mass is 305 g/mol. The SMILES string of the molecule is CCOc1ccccc1C(N)c1cc2c(s1)CCSC2. The van der Waals surface area contributed by atoms with Crippen molar-refractivity contribution in [3.63, 3.8) is 0 Å². The van der Waals surface area contributed by atoms with E-state index in [4.69, 9.17) is 10.5 Å². The van der Waals surface area contributed by atoms with Gasteiger partial charge in [-0.05, 0) is 36.8 Å². The van der Waals surface area contributed by atoms with E-state index in [9.17, 15) is 0 Å². The van der Waals surface area contributed by atoms with Gasteiger partial charge in [0.25, 0.3) is 0 Å². The standard InChI is InChI=1S/C16H19NOS2/c1-2-18-13-6-4-3-5-12(13)16(17)15-9-11-10-19-8-7-14(11)20-15/h3-6,9,16H,2,7-8,10,17H2,1H3. The van der Waals surface area contributed by atoms with E-state index in [1.807, 2.05) is 48.2 Å². The van der Waals surface area contributed by atoms with Gasteiger partial charge in [-0.25, -0.2) is 0 Å². The first kappa shape index (κ1) is 14.0. The molecule has 0 fully saturated rings. The maximum atomic E-state index is 6.48. The molecule has 106 valence electrons. The van der Waals surface area contributed by atoms with Crippen molar-refractivity contribution in [3.05, 3.63) is 51.2 Å². The van der Waals surface area contributed by atoms with Crippen LogP contribution in [0.1, 0.15) is 33.8 Å². The van der Waals surface area contributed by atoms with Crippen LogP contribution in [0.4, 0.5) is 0 Å². The van der Waals surface area contributed by atoms with Gasteiger partial charge in [0.2, 0.25) is 0 Å². The summed E-state index contributed by atoms with van der Waals surface area (Å²) in [6.45, 7) is 2.67. The number of fused-ring (bicyclic) bond motifs is 1. The van der Waals surface area contributed by atoms with Crippen molar-refractivity contribution in [1.29, 1.82) is 0 Å². The number of ether oxygens (including phenoxy) is 1. The highest BCUT2D eigenvalue weighted by atomic mass is 32.2. The lowest BCUT2D eigenvalue weighted by molar-refractivity contribution is 0.335. The molecule has 0 bridgehead atoms. The van der Waals surface area contributed by atoms with Crippen LogP contribution in [-0.2, 0) is 12.2 Å². The van der Waals surface area contributed by atoms with E-state index in [0.717, 1.165) is 17.1 Å². The molecule has 1 atom stereocenters. The van der Waals surface area contributed by atoms with Gasteiger partial charge in [0, 0.05) is 21.1 Å². The van der Waals surface area contributed by atoms with Crippen LogP contribution in [0.3, 0.4) is 0 Å². The molecule has 2 N–H and O–H groups in total. The first-order valence-corrected chi connectivity index (χ1v) is 8.93. The second kappa shape index (κ2) is 6.20. The number of para-hydroxylation sites is 1. The highest BCUT2D eigenvalue weighted by Crippen LogP contribution is 2.37. The maximum absolute atomic E-state index is 6.48. The highest BCUT2D eigenvalue weighted by molar-refractivity contribution is 7.98. The molecule has 2 aromatic rings. The number of thioether (sulfide) groups is 1. The molecule has 0 amide bonds. The molecule has 0 saturated carbocycles. The number of aryl methyl sites for hydroxylation is 1. The van der Waals surface area contributed by atoms with Gasteiger partial charge in [-0.15, -0.1) is 11.3 Å². The van der Waals surface area contributed by atoms with Crippen LogP contribution in [0.5, 0.6) is 5.75 Å². The zero-order valence-corrected chi connectivity index (χ0v) is 13.2. The molecule has 1 aromatic carbocycles. The van der Waals surface area contributed by atoms with Crippen molar-refractivity contribution in [1.82, 2.24) is 0 Å². The van der Waals surface area contributed by atoms with Crippen molar-refractivity contribution in [2.24, 2.45) is 5.73 Å². The third kappa shape index (κ3) is 2.73. The zero-order valence-electron chi connectivity index (χ0n) is 11.6. The topological polar surface area (TPSA) is 35.2 Å². The Morgan fingerprint density at radius 1 is 1.35 bits per heavy atom. The molecule has 0 spiro atoms. The molecule has 0 aliphatic carbocycles. The minimum absolute atomic E-state index is 0.0849. The van der Waals surface area contributed by atoms with Crippen molar-refractivity contribution >= 4 is 23.1 Å². The highest BCUT2D eigenvalue weighted by Gasteiger charge is 2.20. The van der Waals surface area contributed by atoms with Crippen LogP contribution in [0.15, 0.2) is 30.3 Å². The van der Waals surface area contributed by atoms with Crippen molar-refractivity contribution in [3.8, 4) is 5.75 Å². The number of thiophene rings is 1. The lowest BCUT2D eigenvalue weighted by Gasteiger charge is -2.15. The summed E-state index contributed by atoms with van der Waals surface area (Å²) in [7, 11) is 0. The van der Waals surface area contributed by atoms with E-state index < -0.39 is 0 Å². The van der Waals surface area contributed by atoms with E-state index in [-0.39, 0.29) is 6.04 Å². The van der Waals surface area contributed by atoms with Gasteiger partial charge in [0.05, 0.1) is 12.6 Å². The Kier molecular flexibility index (Phi) is 4.34. The summed E-state index contributed by atoms with van der Waals surface area (Å²) in [5.74, 6) is 3.27. The fraction of sp³-hybridized carbons (Fsp3) is 0.375. The Hall–Kier alpha value is -0.970. The van der Waals surface area contributed by atoms with Crippen LogP contribution < -0.4 is 10.5 Å². The van der Waals surface area contributed by atoms with Crippen LogP contribution in [0, 0.1) is 0 Å². The molecule has 20 heavy (non-hydrogen) atoms. The summed E-state index contributed by atoms with van der Waals surface area (Å²) < 4.78 is 5.70. The van der Waals surface area contributed by atoms with Crippen LogP contribution in [0.2, 0.25) is 0 Å². The zero-order chi connectivity index (χ0) is 13.9. The Labute approximate surface area is 128 Å². The molecular formula is C16H19NOS2. The van der Waals surface area contributed by atoms with E-state index in [0.29, 0.717) is 6.61 Å². The molecule has 2 nitrogen and oxygen atoms in total. The second-order valence-corrected chi connectivity index (χ2v) is 7.12. The lowest BCUT2D eigenvalue weighted by atomic mass is 10.0. The molecule has 4 heteroatoms. The first-order valence-electron chi connectivity index (χ1n) is 6.96. The maximum Gasteiger partial charge on any atom is 0.124 e. The Bertz CT molecular complexity index is 570. The van der Waals surface area contributed by atoms with Gasteiger partial charge in [0.1, 0.15) is 5.75 Å². The summed E-state index contributed by atoms with van der Waals surface area (Å²) >= 11 is 3.88. The number of benzene rings is 1. The van der Waals surface area contributed by atoms with E-state index in [2.05, 4.69) is 12.1 Å². The molecule has 1 aliphatic rings. The van der Waals surface area contributed by atoms with Gasteiger partial charge in [-0.1, -0.05) is 18.2 Å². The Morgan fingerprint density at radius 2 is 2.20 bits per heavy atom. The summed E-state index contributed by atoms with van der Waals surface area (Å²) in [6.07, 6.45) is 1.19. The molecule has 3 rings (SSSR count). The molecule has 2 heterocycles. The predicted molar refractivity (Wildman–Crippen MR) is 87.8 cm³/mol. The summed E-state index contributed by atoms with van der Waals surface area (Å²) in [5.41, 5.74) is 9.04. The largest absolute Gasteiger partial charge is 0.494 e. The van der Waals surface area contributed by atoms with Crippen molar-refractivity contribution < 1.29 is 4.74 Å². The smallest absolute Gasteiger partial charge is 0.124 e. The quantitative estimate of drug-likeness (QED) is 0.928. The van der Waals surface area contributed by atoms with Gasteiger partial charge in [-0.3, -0.25) is 0 Å². The molecule has 1 aromatic heterocycles. The van der Waals surface area contributed by atoms with E-state index in [1.54, 1.807) is 0 Å². The minimum Gasteiger partial charge on any atom is -0.494 e. The summed E-state index contributed by atoms with van der Waals surface area (Å²) in [4.78, 5) is 2.77. The van der Waals surface area contributed by atoms with Crippen LogP contribution in [-0.4, -0.2) is 12.4 Å². The minimum atomic E-state index is -0.0849. The van der Waals surface area contributed by atoms with E-state index in [1.165, 1.54) is 27.5 Å². The van der Waals surface area contributed by atoms with Crippen molar-refractivity contribution in [2.45, 2.75) is 25.1 Å². The van der Waals surface area contributed by atoms with Crippen LogP contribution in [0.25, 0.3) is 0 Å². The van der Waals surface area contributed by atoms with E-state index >= 15 is 0 Å². The average Bonchev–Trinajstić information content (AvgIpc) is 2.91. The second-order valence-electron chi connectivity index (χ2n) is 4.85. The van der Waals surface area contributed by atoms with Gasteiger partial charge in [-0.2, -0.15) is 11.8 Å². The summed E-state index contributed by atoms with van der Waals surface area (Å²) in [5, 5.41) is 0. The molecular weight excluding hydrogens is 286 g/mol. The van der Waals surface area contributed by atoms with Gasteiger partial charge >= 0.3 is 0 Å². The van der Waals surface area contributed by atoms with Crippen molar-refractivity contribution in [2.75, 3.05) is 12.4 Å². The normalized spacial score (nSPS) is 15.7. The fourth-order valence-corrected chi connectivity index (χ4v) is 4.90. The first-order chi connectivity index (χ1) is 9.79. The average molecular weight is 305 g/mol. The van der Waals surface area contributed by atoms with Gasteiger partial charge in [0.15, 0.2) is 0 Å². The number of hydrogen-bond acceptors (Lipinski definition) is 4. The molecule has 1 unspecified atom stereocenters. The molecule has 0 radical (unpaired) electrons. The lowest BCUT2D eigenvalue weighted by Crippen LogP contribution is -2.12. The van der Waals surface area contributed by atoms with Gasteiger partial charge < -0.3 is 10.5 Å². The third-order valence-corrected chi connectivity index (χ3v) is 5.84. The number of nitrogens with two attached hydrogens (primary N) is 1. The summed E-state index contributed by atoms with van der Waals surface area (Å²) in [6, 6.07) is 10.3. The number of rotatable bonds is 4. The Morgan fingerprint density at radius 3 is 3.00 bits per heavy atom. The fourth-order valence-electron chi connectivity index (χ4n) is 2.50. The van der Waals surface area contributed by atoms with Crippen LogP contribution >= 0.6 is 23.1 Å². The Balaban J connectivity index is 1.92. The molecule has 0 saturated heterocycles.